The zero-order chi connectivity index (χ0) is 9.80. The molecule has 2 nitrogen and oxygen atoms in total. The molecule has 0 aromatic rings. The molecule has 2 aliphatic rings. The van der Waals surface area contributed by atoms with E-state index in [0.717, 1.165) is 25.2 Å². The summed E-state index contributed by atoms with van der Waals surface area (Å²) >= 11 is 0. The predicted molar refractivity (Wildman–Crippen MR) is 58.4 cm³/mol. The van der Waals surface area contributed by atoms with E-state index in [4.69, 9.17) is 4.74 Å². The van der Waals surface area contributed by atoms with Crippen LogP contribution in [0.3, 0.4) is 0 Å². The highest BCUT2D eigenvalue weighted by molar-refractivity contribution is 4.82. The third-order valence-corrected chi connectivity index (χ3v) is 3.81. The van der Waals surface area contributed by atoms with Gasteiger partial charge in [-0.15, -0.1) is 0 Å². The second-order valence-electron chi connectivity index (χ2n) is 4.89. The highest BCUT2D eigenvalue weighted by Crippen LogP contribution is 2.29. The molecular formula is C12H23NO. The molecule has 82 valence electrons. The first kappa shape index (κ1) is 10.4. The zero-order valence-corrected chi connectivity index (χ0v) is 9.30. The van der Waals surface area contributed by atoms with Crippen molar-refractivity contribution in [1.29, 1.82) is 0 Å². The normalized spacial score (nSPS) is 31.9. The predicted octanol–water partition coefficient (Wildman–Crippen LogP) is 2.33. The number of ether oxygens (including phenoxy) is 1. The summed E-state index contributed by atoms with van der Waals surface area (Å²) in [4.78, 5) is 0. The Bertz CT molecular complexity index is 160. The Morgan fingerprint density at radius 3 is 2.64 bits per heavy atom. The first-order chi connectivity index (χ1) is 6.86. The molecule has 0 amide bonds. The highest BCUT2D eigenvalue weighted by Gasteiger charge is 2.25. The van der Waals surface area contributed by atoms with E-state index in [2.05, 4.69) is 12.2 Å². The Morgan fingerprint density at radius 2 is 1.93 bits per heavy atom. The maximum atomic E-state index is 5.47. The minimum atomic E-state index is 0.716. The summed E-state index contributed by atoms with van der Waals surface area (Å²) in [6.45, 7) is 4.28. The van der Waals surface area contributed by atoms with Crippen LogP contribution in [-0.4, -0.2) is 25.3 Å². The lowest BCUT2D eigenvalue weighted by molar-refractivity contribution is 0.141. The van der Waals surface area contributed by atoms with E-state index in [9.17, 15) is 0 Å². The molecule has 1 aliphatic carbocycles. The Morgan fingerprint density at radius 1 is 1.07 bits per heavy atom. The van der Waals surface area contributed by atoms with Gasteiger partial charge in [-0.2, -0.15) is 0 Å². The van der Waals surface area contributed by atoms with E-state index in [1.54, 1.807) is 0 Å². The zero-order valence-electron chi connectivity index (χ0n) is 9.30. The van der Waals surface area contributed by atoms with Crippen molar-refractivity contribution in [2.24, 2.45) is 5.92 Å². The standard InChI is InChI=1S/C12H23NO/c1-10(11-4-2-5-11)13-12-6-3-8-14-9-7-12/h10-13H,2-9H2,1H3/t10-,12?/m0/s1. The highest BCUT2D eigenvalue weighted by atomic mass is 16.5. The quantitative estimate of drug-likeness (QED) is 0.750. The average Bonchev–Trinajstić information content (AvgIpc) is 2.29. The SMILES string of the molecule is C[C@H](NC1CCCOCC1)C1CCC1. The lowest BCUT2D eigenvalue weighted by atomic mass is 9.80. The van der Waals surface area contributed by atoms with Gasteiger partial charge >= 0.3 is 0 Å². The van der Waals surface area contributed by atoms with E-state index in [1.807, 2.05) is 0 Å². The molecule has 2 heteroatoms. The third-order valence-electron chi connectivity index (χ3n) is 3.81. The third kappa shape index (κ3) is 2.71. The largest absolute Gasteiger partial charge is 0.381 e. The molecule has 1 saturated carbocycles. The van der Waals surface area contributed by atoms with E-state index in [-0.39, 0.29) is 0 Å². The summed E-state index contributed by atoms with van der Waals surface area (Å²) in [5, 5.41) is 3.78. The molecule has 2 atom stereocenters. The number of hydrogen-bond acceptors (Lipinski definition) is 2. The molecular weight excluding hydrogens is 174 g/mol. The number of rotatable bonds is 3. The van der Waals surface area contributed by atoms with Gasteiger partial charge in [-0.1, -0.05) is 6.42 Å². The summed E-state index contributed by atoms with van der Waals surface area (Å²) in [5.41, 5.74) is 0. The molecule has 0 aromatic heterocycles. The Labute approximate surface area is 87.4 Å². The minimum Gasteiger partial charge on any atom is -0.381 e. The Kier molecular flexibility index (Phi) is 3.82. The Balaban J connectivity index is 1.71. The molecule has 0 bridgehead atoms. The van der Waals surface area contributed by atoms with Crippen LogP contribution in [0.5, 0.6) is 0 Å². The molecule has 0 aromatic carbocycles. The molecule has 1 unspecified atom stereocenters. The van der Waals surface area contributed by atoms with Gasteiger partial charge in [-0.25, -0.2) is 0 Å². The summed E-state index contributed by atoms with van der Waals surface area (Å²) < 4.78 is 5.47. The van der Waals surface area contributed by atoms with Gasteiger partial charge in [0.25, 0.3) is 0 Å². The summed E-state index contributed by atoms with van der Waals surface area (Å²) in [7, 11) is 0. The second kappa shape index (κ2) is 5.13. The van der Waals surface area contributed by atoms with Crippen molar-refractivity contribution in [3.05, 3.63) is 0 Å². The fourth-order valence-electron chi connectivity index (χ4n) is 2.52. The smallest absolute Gasteiger partial charge is 0.0480 e. The minimum absolute atomic E-state index is 0.716. The van der Waals surface area contributed by atoms with E-state index in [1.165, 1.54) is 38.5 Å². The van der Waals surface area contributed by atoms with Gasteiger partial charge in [0.05, 0.1) is 0 Å². The van der Waals surface area contributed by atoms with Crippen molar-refractivity contribution < 1.29 is 4.74 Å². The maximum Gasteiger partial charge on any atom is 0.0480 e. The van der Waals surface area contributed by atoms with Crippen LogP contribution in [0.4, 0.5) is 0 Å². The van der Waals surface area contributed by atoms with Gasteiger partial charge in [0, 0.05) is 25.3 Å². The van der Waals surface area contributed by atoms with Crippen molar-refractivity contribution in [3.63, 3.8) is 0 Å². The van der Waals surface area contributed by atoms with Gasteiger partial charge < -0.3 is 10.1 Å². The monoisotopic (exact) mass is 197 g/mol. The van der Waals surface area contributed by atoms with Gasteiger partial charge in [0.15, 0.2) is 0 Å². The van der Waals surface area contributed by atoms with Gasteiger partial charge in [0.1, 0.15) is 0 Å². The fraction of sp³-hybridized carbons (Fsp3) is 1.00. The maximum absolute atomic E-state index is 5.47. The first-order valence-electron chi connectivity index (χ1n) is 6.20. The summed E-state index contributed by atoms with van der Waals surface area (Å²) in [6.07, 6.45) is 8.07. The topological polar surface area (TPSA) is 21.3 Å². The molecule has 0 spiro atoms. The Hall–Kier alpha value is -0.0800. The van der Waals surface area contributed by atoms with Crippen LogP contribution in [0.1, 0.15) is 45.4 Å². The van der Waals surface area contributed by atoms with Crippen molar-refractivity contribution in [2.75, 3.05) is 13.2 Å². The van der Waals surface area contributed by atoms with Gasteiger partial charge in [-0.05, 0) is 44.9 Å². The van der Waals surface area contributed by atoms with E-state index in [0.29, 0.717) is 6.04 Å². The second-order valence-corrected chi connectivity index (χ2v) is 4.89. The summed E-state index contributed by atoms with van der Waals surface area (Å²) in [5.74, 6) is 0.958. The first-order valence-corrected chi connectivity index (χ1v) is 6.20. The van der Waals surface area contributed by atoms with Crippen LogP contribution in [0.15, 0.2) is 0 Å². The van der Waals surface area contributed by atoms with Crippen LogP contribution in [0.25, 0.3) is 0 Å². The number of nitrogens with one attached hydrogen (secondary N) is 1. The molecule has 1 heterocycles. The summed E-state index contributed by atoms with van der Waals surface area (Å²) in [6, 6.07) is 1.44. The average molecular weight is 197 g/mol. The van der Waals surface area contributed by atoms with Crippen molar-refractivity contribution in [2.45, 2.75) is 57.5 Å². The lowest BCUT2D eigenvalue weighted by Gasteiger charge is -2.34. The van der Waals surface area contributed by atoms with E-state index >= 15 is 0 Å². The molecule has 1 aliphatic heterocycles. The molecule has 14 heavy (non-hydrogen) atoms. The van der Waals surface area contributed by atoms with Crippen molar-refractivity contribution in [3.8, 4) is 0 Å². The van der Waals surface area contributed by atoms with Crippen molar-refractivity contribution >= 4 is 0 Å². The van der Waals surface area contributed by atoms with E-state index < -0.39 is 0 Å². The van der Waals surface area contributed by atoms with Gasteiger partial charge in [0.2, 0.25) is 0 Å². The molecule has 1 saturated heterocycles. The van der Waals surface area contributed by atoms with Crippen LogP contribution >= 0.6 is 0 Å². The van der Waals surface area contributed by atoms with Gasteiger partial charge in [-0.3, -0.25) is 0 Å². The molecule has 1 N–H and O–H groups in total. The number of hydrogen-bond donors (Lipinski definition) is 1. The van der Waals surface area contributed by atoms with Crippen LogP contribution in [0.2, 0.25) is 0 Å². The molecule has 2 rings (SSSR count). The van der Waals surface area contributed by atoms with Crippen LogP contribution < -0.4 is 5.32 Å². The fourth-order valence-corrected chi connectivity index (χ4v) is 2.52. The molecule has 0 radical (unpaired) electrons. The molecule has 2 fully saturated rings. The van der Waals surface area contributed by atoms with Crippen LogP contribution in [-0.2, 0) is 4.74 Å². The lowest BCUT2D eigenvalue weighted by Crippen LogP contribution is -2.43. The van der Waals surface area contributed by atoms with Crippen LogP contribution in [0, 0.1) is 5.92 Å². The van der Waals surface area contributed by atoms with Crippen molar-refractivity contribution in [1.82, 2.24) is 5.32 Å².